The molecule has 4 aromatic rings. The van der Waals surface area contributed by atoms with Gasteiger partial charge in [-0.15, -0.1) is 0 Å². The summed E-state index contributed by atoms with van der Waals surface area (Å²) in [5, 5.41) is 15.7. The van der Waals surface area contributed by atoms with Crippen LogP contribution in [0.2, 0.25) is 5.02 Å². The molecule has 0 saturated carbocycles. The normalized spacial score (nSPS) is 18.1. The minimum absolute atomic E-state index is 0.176. The zero-order valence-electron chi connectivity index (χ0n) is 21.8. The quantitative estimate of drug-likeness (QED) is 0.212. The lowest BCUT2D eigenvalue weighted by Gasteiger charge is -2.26. The summed E-state index contributed by atoms with van der Waals surface area (Å²) in [4.78, 5) is 0. The van der Waals surface area contributed by atoms with Gasteiger partial charge in [0.15, 0.2) is 5.71 Å². The first kappa shape index (κ1) is 23.3. The highest BCUT2D eigenvalue weighted by atomic mass is 35.5. The number of phenolic OH excluding ortho intramolecular Hbond substituents is 1. The predicted molar refractivity (Wildman–Crippen MR) is 157 cm³/mol. The van der Waals surface area contributed by atoms with E-state index in [1.165, 1.54) is 44.3 Å². The smallest absolute Gasteiger partial charge is 0.210 e. The molecule has 0 atom stereocenters. The van der Waals surface area contributed by atoms with Gasteiger partial charge in [0.25, 0.3) is 0 Å². The molecule has 0 amide bonds. The minimum Gasteiger partial charge on any atom is -0.508 e. The lowest BCUT2D eigenvalue weighted by molar-refractivity contribution is -0.401. The summed E-state index contributed by atoms with van der Waals surface area (Å²) in [6.45, 7) is 4.64. The molecular formula is C34H29ClNO2+. The van der Waals surface area contributed by atoms with E-state index in [0.717, 1.165) is 46.7 Å². The van der Waals surface area contributed by atoms with Crippen LogP contribution in [-0.2, 0) is 5.41 Å². The average molecular weight is 519 g/mol. The molecule has 0 fully saturated rings. The fourth-order valence-corrected chi connectivity index (χ4v) is 6.76. The van der Waals surface area contributed by atoms with Crippen LogP contribution < -0.4 is 4.74 Å². The Morgan fingerprint density at radius 2 is 1.74 bits per heavy atom. The van der Waals surface area contributed by atoms with Gasteiger partial charge in [-0.05, 0) is 108 Å². The number of ether oxygens (including phenoxy) is 1. The first-order valence-corrected chi connectivity index (χ1v) is 13.6. The third-order valence-electron chi connectivity index (χ3n) is 8.40. The van der Waals surface area contributed by atoms with E-state index in [2.05, 4.69) is 74.0 Å². The fourth-order valence-electron chi connectivity index (χ4n) is 6.58. The van der Waals surface area contributed by atoms with Gasteiger partial charge in [-0.2, -0.15) is 4.58 Å². The first-order valence-electron chi connectivity index (χ1n) is 13.2. The second-order valence-electron chi connectivity index (χ2n) is 11.1. The van der Waals surface area contributed by atoms with Crippen LogP contribution >= 0.6 is 11.6 Å². The summed E-state index contributed by atoms with van der Waals surface area (Å²) in [7, 11) is 2.17. The maximum atomic E-state index is 9.97. The molecule has 3 nitrogen and oxygen atoms in total. The summed E-state index contributed by atoms with van der Waals surface area (Å²) < 4.78 is 8.69. The third-order valence-corrected chi connectivity index (χ3v) is 8.64. The molecule has 38 heavy (non-hydrogen) atoms. The summed E-state index contributed by atoms with van der Waals surface area (Å²) >= 11 is 6.28. The Balaban J connectivity index is 1.31. The van der Waals surface area contributed by atoms with Crippen LogP contribution in [0.3, 0.4) is 0 Å². The van der Waals surface area contributed by atoms with Crippen molar-refractivity contribution in [3.63, 3.8) is 0 Å². The number of hydrogen-bond acceptors (Lipinski definition) is 2. The van der Waals surface area contributed by atoms with Crippen LogP contribution in [0.1, 0.15) is 44.2 Å². The van der Waals surface area contributed by atoms with E-state index in [1.54, 1.807) is 12.1 Å². The molecule has 7 rings (SSSR count). The highest BCUT2D eigenvalue weighted by Crippen LogP contribution is 2.46. The number of rotatable bonds is 2. The molecular weight excluding hydrogens is 490 g/mol. The zero-order valence-corrected chi connectivity index (χ0v) is 22.6. The number of aromatic hydroxyl groups is 1. The highest BCUT2D eigenvalue weighted by molar-refractivity contribution is 6.31. The van der Waals surface area contributed by atoms with Crippen LogP contribution in [0.4, 0.5) is 5.69 Å². The van der Waals surface area contributed by atoms with E-state index in [9.17, 15) is 5.11 Å². The lowest BCUT2D eigenvalue weighted by atomic mass is 9.78. The summed E-state index contributed by atoms with van der Waals surface area (Å²) in [5.74, 6) is 1.88. The third kappa shape index (κ3) is 3.45. The van der Waals surface area contributed by atoms with E-state index >= 15 is 0 Å². The van der Waals surface area contributed by atoms with Gasteiger partial charge in [-0.25, -0.2) is 0 Å². The van der Waals surface area contributed by atoms with Gasteiger partial charge in [0.1, 0.15) is 24.3 Å². The number of halogens is 1. The van der Waals surface area contributed by atoms with Gasteiger partial charge in [0.05, 0.1) is 5.41 Å². The van der Waals surface area contributed by atoms with Crippen molar-refractivity contribution in [2.75, 3.05) is 7.05 Å². The van der Waals surface area contributed by atoms with Gasteiger partial charge >= 0.3 is 0 Å². The molecule has 4 aromatic carbocycles. The zero-order chi connectivity index (χ0) is 26.2. The van der Waals surface area contributed by atoms with Crippen molar-refractivity contribution < 1.29 is 14.4 Å². The molecule has 2 aliphatic heterocycles. The number of allylic oxidation sites excluding steroid dienone is 4. The van der Waals surface area contributed by atoms with E-state index in [0.29, 0.717) is 0 Å². The first-order chi connectivity index (χ1) is 18.3. The summed E-state index contributed by atoms with van der Waals surface area (Å²) in [6.07, 6.45) is 9.81. The van der Waals surface area contributed by atoms with Crippen molar-refractivity contribution in [3.05, 3.63) is 106 Å². The highest BCUT2D eigenvalue weighted by Gasteiger charge is 2.44. The second-order valence-corrected chi connectivity index (χ2v) is 11.5. The number of fused-ring (bicyclic) bond motifs is 7. The molecule has 0 aromatic heterocycles. The maximum Gasteiger partial charge on any atom is 0.210 e. The molecule has 0 unspecified atom stereocenters. The second kappa shape index (κ2) is 8.34. The Hall–Kier alpha value is -3.82. The minimum atomic E-state index is -0.176. The van der Waals surface area contributed by atoms with Gasteiger partial charge in [-0.3, -0.25) is 0 Å². The molecule has 1 N–H and O–H groups in total. The Morgan fingerprint density at radius 1 is 0.921 bits per heavy atom. The Kier molecular flexibility index (Phi) is 5.12. The number of nitrogens with zero attached hydrogens (tertiary/aromatic N) is 1. The van der Waals surface area contributed by atoms with Crippen molar-refractivity contribution in [2.24, 2.45) is 0 Å². The van der Waals surface area contributed by atoms with Crippen LogP contribution in [0.25, 0.3) is 27.6 Å². The average Bonchev–Trinajstić information content (AvgIpc) is 3.10. The molecule has 1 aliphatic carbocycles. The summed E-state index contributed by atoms with van der Waals surface area (Å²) in [5.41, 5.74) is 7.15. The largest absolute Gasteiger partial charge is 0.508 e. The predicted octanol–water partition coefficient (Wildman–Crippen LogP) is 8.83. The monoisotopic (exact) mass is 518 g/mol. The molecule has 188 valence electrons. The number of phenols is 1. The molecule has 3 aliphatic rings. The van der Waals surface area contributed by atoms with Crippen LogP contribution in [0.15, 0.2) is 89.7 Å². The van der Waals surface area contributed by atoms with Gasteiger partial charge in [-0.1, -0.05) is 29.8 Å². The molecule has 0 radical (unpaired) electrons. The van der Waals surface area contributed by atoms with Crippen molar-refractivity contribution in [3.8, 4) is 11.5 Å². The number of benzene rings is 4. The lowest BCUT2D eigenvalue weighted by Crippen LogP contribution is -2.27. The topological polar surface area (TPSA) is 32.5 Å². The van der Waals surface area contributed by atoms with E-state index in [1.807, 2.05) is 18.2 Å². The van der Waals surface area contributed by atoms with Crippen molar-refractivity contribution in [1.29, 1.82) is 0 Å². The Labute approximate surface area is 227 Å². The van der Waals surface area contributed by atoms with Gasteiger partial charge < -0.3 is 9.84 Å². The standard InChI is InChI=1S/C34H28ClNO2/c1-34(2)31(16-9-20-5-4-6-23-17-22-7-11-25(37)19-30(22)38-33(20)23)36(3)29-15-14-27-26-13-10-24(35)18-21(26)8-12-28(27)32(29)34/h7-19H,4-6H2,1-3H3/p+1. The van der Waals surface area contributed by atoms with Crippen LogP contribution in [-0.4, -0.2) is 22.4 Å². The summed E-state index contributed by atoms with van der Waals surface area (Å²) in [6, 6.07) is 20.4. The molecule has 2 heterocycles. The number of hydrogen-bond donors (Lipinski definition) is 1. The van der Waals surface area contributed by atoms with Crippen molar-refractivity contribution >= 4 is 50.6 Å². The fraction of sp³-hybridized carbons (Fsp3) is 0.206. The van der Waals surface area contributed by atoms with Crippen LogP contribution in [0, 0.1) is 0 Å². The van der Waals surface area contributed by atoms with E-state index < -0.39 is 0 Å². The van der Waals surface area contributed by atoms with Crippen molar-refractivity contribution in [2.45, 2.75) is 38.5 Å². The SMILES string of the molecule is C[N+]1=C(/C=C/C2=C3Oc4cc(O)ccc4C=C3CCC2)C(C)(C)c2c1ccc1c2ccc2cc(Cl)ccc21. The molecule has 4 heteroatoms. The molecule has 0 bridgehead atoms. The van der Waals surface area contributed by atoms with E-state index in [-0.39, 0.29) is 11.2 Å². The Morgan fingerprint density at radius 3 is 2.61 bits per heavy atom. The van der Waals surface area contributed by atoms with E-state index in [4.69, 9.17) is 16.3 Å². The van der Waals surface area contributed by atoms with Gasteiger partial charge in [0.2, 0.25) is 5.69 Å². The van der Waals surface area contributed by atoms with Crippen LogP contribution in [0.5, 0.6) is 11.5 Å². The molecule has 0 spiro atoms. The Bertz CT molecular complexity index is 1820. The van der Waals surface area contributed by atoms with Gasteiger partial charge in [0, 0.05) is 34.4 Å². The van der Waals surface area contributed by atoms with Crippen molar-refractivity contribution in [1.82, 2.24) is 0 Å². The maximum absolute atomic E-state index is 9.97. The molecule has 0 saturated heterocycles.